The molecule has 1 heterocycles. The number of likely N-dealkylation sites (N-methyl/N-ethyl adjacent to an activating group) is 1. The van der Waals surface area contributed by atoms with Gasteiger partial charge in [-0.15, -0.1) is 0 Å². The van der Waals surface area contributed by atoms with Crippen molar-refractivity contribution in [3.8, 4) is 0 Å². The Kier molecular flexibility index (Phi) is 3.73. The molecule has 1 aromatic carbocycles. The van der Waals surface area contributed by atoms with Gasteiger partial charge in [0, 0.05) is 31.4 Å². The zero-order chi connectivity index (χ0) is 15.1. The molecule has 0 radical (unpaired) electrons. The summed E-state index contributed by atoms with van der Waals surface area (Å²) in [6.45, 7) is 6.37. The van der Waals surface area contributed by atoms with Crippen molar-refractivity contribution in [2.45, 2.75) is 32.4 Å². The van der Waals surface area contributed by atoms with Crippen LogP contribution in [0.15, 0.2) is 18.2 Å². The van der Waals surface area contributed by atoms with Crippen LogP contribution in [0.1, 0.15) is 32.4 Å². The van der Waals surface area contributed by atoms with Crippen LogP contribution in [0.25, 0.3) is 0 Å². The van der Waals surface area contributed by atoms with Crippen LogP contribution in [0.5, 0.6) is 0 Å². The summed E-state index contributed by atoms with van der Waals surface area (Å²) in [7, 11) is 1.77. The number of nitrogens with zero attached hydrogens (tertiary/aromatic N) is 2. The van der Waals surface area contributed by atoms with Gasteiger partial charge in [0.1, 0.15) is 11.4 Å². The Morgan fingerprint density at radius 3 is 2.60 bits per heavy atom. The molecule has 0 saturated carbocycles. The lowest BCUT2D eigenvalue weighted by Crippen LogP contribution is -2.62. The van der Waals surface area contributed by atoms with Gasteiger partial charge in [-0.3, -0.25) is 4.79 Å². The molecule has 5 heteroatoms. The third-order valence-electron chi connectivity index (χ3n) is 3.94. The fourth-order valence-electron chi connectivity index (χ4n) is 2.81. The maximum absolute atomic E-state index is 14.0. The molecule has 1 unspecified atom stereocenters. The molecule has 0 aliphatic carbocycles. The van der Waals surface area contributed by atoms with Gasteiger partial charge in [-0.05, 0) is 32.9 Å². The van der Waals surface area contributed by atoms with Crippen LogP contribution in [0, 0.1) is 5.82 Å². The lowest BCUT2D eigenvalue weighted by atomic mass is 9.94. The molecule has 1 aliphatic rings. The minimum absolute atomic E-state index is 0.00967. The van der Waals surface area contributed by atoms with Gasteiger partial charge in [0.05, 0.1) is 6.10 Å². The lowest BCUT2D eigenvalue weighted by Gasteiger charge is -2.47. The maximum Gasteiger partial charge on any atom is 0.247 e. The molecule has 1 atom stereocenters. The first-order valence-corrected chi connectivity index (χ1v) is 6.76. The number of benzene rings is 1. The Morgan fingerprint density at radius 1 is 1.35 bits per heavy atom. The maximum atomic E-state index is 14.0. The number of piperazine rings is 1. The summed E-state index contributed by atoms with van der Waals surface area (Å²) in [6.07, 6.45) is -0.920. The summed E-state index contributed by atoms with van der Waals surface area (Å²) in [4.78, 5) is 15.9. The Bertz CT molecular complexity index is 529. The molecule has 1 N–H and O–H groups in total. The molecule has 20 heavy (non-hydrogen) atoms. The molecule has 4 nitrogen and oxygen atoms in total. The minimum Gasteiger partial charge on any atom is -0.389 e. The largest absolute Gasteiger partial charge is 0.389 e. The van der Waals surface area contributed by atoms with E-state index in [2.05, 4.69) is 0 Å². The predicted molar refractivity (Wildman–Crippen MR) is 76.1 cm³/mol. The second-order valence-electron chi connectivity index (χ2n) is 5.79. The van der Waals surface area contributed by atoms with Crippen LogP contribution >= 0.6 is 0 Å². The molecule has 0 spiro atoms. The normalized spacial score (nSPS) is 20.2. The Hall–Kier alpha value is -1.62. The third kappa shape index (κ3) is 2.26. The second-order valence-corrected chi connectivity index (χ2v) is 5.79. The van der Waals surface area contributed by atoms with Gasteiger partial charge in [0.25, 0.3) is 0 Å². The van der Waals surface area contributed by atoms with Crippen molar-refractivity contribution in [3.05, 3.63) is 29.6 Å². The first kappa shape index (κ1) is 14.8. The van der Waals surface area contributed by atoms with Crippen LogP contribution in [0.2, 0.25) is 0 Å². The summed E-state index contributed by atoms with van der Waals surface area (Å²) in [6, 6.07) is 4.69. The van der Waals surface area contributed by atoms with Gasteiger partial charge in [-0.1, -0.05) is 6.07 Å². The van der Waals surface area contributed by atoms with Crippen LogP contribution < -0.4 is 4.90 Å². The van der Waals surface area contributed by atoms with Gasteiger partial charge in [-0.25, -0.2) is 4.39 Å². The van der Waals surface area contributed by atoms with E-state index in [0.29, 0.717) is 18.8 Å². The SMILES string of the molecule is CC(O)c1c(F)cccc1N1CCN(C)C(=O)C1(C)C. The molecule has 110 valence electrons. The van der Waals surface area contributed by atoms with Crippen molar-refractivity contribution in [3.63, 3.8) is 0 Å². The number of hydrogen-bond donors (Lipinski definition) is 1. The first-order chi connectivity index (χ1) is 9.26. The quantitative estimate of drug-likeness (QED) is 0.900. The third-order valence-corrected chi connectivity index (χ3v) is 3.94. The average Bonchev–Trinajstić information content (AvgIpc) is 2.35. The van der Waals surface area contributed by atoms with Gasteiger partial charge in [0.2, 0.25) is 5.91 Å². The highest BCUT2D eigenvalue weighted by molar-refractivity contribution is 5.90. The number of hydrogen-bond acceptors (Lipinski definition) is 3. The van der Waals surface area contributed by atoms with E-state index < -0.39 is 17.5 Å². The number of rotatable bonds is 2. The molecule has 0 aromatic heterocycles. The van der Waals surface area contributed by atoms with Crippen LogP contribution in [-0.4, -0.2) is 41.6 Å². The van der Waals surface area contributed by atoms with Crippen molar-refractivity contribution in [2.24, 2.45) is 0 Å². The number of amides is 1. The summed E-state index contributed by atoms with van der Waals surface area (Å²) < 4.78 is 14.0. The number of aliphatic hydroxyl groups excluding tert-OH is 1. The van der Waals surface area contributed by atoms with Crippen molar-refractivity contribution in [1.29, 1.82) is 0 Å². The van der Waals surface area contributed by atoms with Crippen LogP contribution in [-0.2, 0) is 4.79 Å². The smallest absolute Gasteiger partial charge is 0.247 e. The zero-order valence-electron chi connectivity index (χ0n) is 12.4. The summed E-state index contributed by atoms with van der Waals surface area (Å²) in [5.74, 6) is -0.454. The molecule has 1 fully saturated rings. The van der Waals surface area contributed by atoms with E-state index in [0.717, 1.165) is 0 Å². The lowest BCUT2D eigenvalue weighted by molar-refractivity contribution is -0.136. The highest BCUT2D eigenvalue weighted by Crippen LogP contribution is 2.35. The van der Waals surface area contributed by atoms with Gasteiger partial charge >= 0.3 is 0 Å². The van der Waals surface area contributed by atoms with Gasteiger partial charge < -0.3 is 14.9 Å². The molecular weight excluding hydrogens is 259 g/mol. The zero-order valence-corrected chi connectivity index (χ0v) is 12.4. The van der Waals surface area contributed by atoms with E-state index in [9.17, 15) is 14.3 Å². The van der Waals surface area contributed by atoms with Gasteiger partial charge in [-0.2, -0.15) is 0 Å². The topological polar surface area (TPSA) is 43.8 Å². The van der Waals surface area contributed by atoms with Crippen molar-refractivity contribution in [1.82, 2.24) is 4.90 Å². The number of halogens is 1. The number of carbonyl (C=O) groups excluding carboxylic acids is 1. The average molecular weight is 280 g/mol. The predicted octanol–water partition coefficient (Wildman–Crippen LogP) is 1.94. The van der Waals surface area contributed by atoms with Crippen molar-refractivity contribution < 1.29 is 14.3 Å². The molecule has 0 bridgehead atoms. The molecule has 1 aromatic rings. The molecule has 1 aliphatic heterocycles. The second kappa shape index (κ2) is 5.05. The van der Waals surface area contributed by atoms with E-state index in [4.69, 9.17) is 0 Å². The summed E-state index contributed by atoms with van der Waals surface area (Å²) in [5, 5.41) is 9.84. The standard InChI is InChI=1S/C15H21FN2O2/c1-10(19)13-11(16)6-5-7-12(13)18-9-8-17(4)14(20)15(18,2)3/h5-7,10,19H,8-9H2,1-4H3. The Balaban J connectivity index is 2.52. The Labute approximate surface area is 118 Å². The van der Waals surface area contributed by atoms with E-state index >= 15 is 0 Å². The fraction of sp³-hybridized carbons (Fsp3) is 0.533. The molecule has 1 saturated heterocycles. The van der Waals surface area contributed by atoms with E-state index in [1.54, 1.807) is 24.1 Å². The Morgan fingerprint density at radius 2 is 2.00 bits per heavy atom. The van der Waals surface area contributed by atoms with Gasteiger partial charge in [0.15, 0.2) is 0 Å². The van der Waals surface area contributed by atoms with Crippen LogP contribution in [0.4, 0.5) is 10.1 Å². The fourth-order valence-corrected chi connectivity index (χ4v) is 2.81. The monoisotopic (exact) mass is 280 g/mol. The summed E-state index contributed by atoms with van der Waals surface area (Å²) in [5.41, 5.74) is 0.0779. The summed E-state index contributed by atoms with van der Waals surface area (Å²) >= 11 is 0. The molecule has 1 amide bonds. The molecular formula is C15H21FN2O2. The number of aliphatic hydroxyl groups is 1. The van der Waals surface area contributed by atoms with E-state index in [1.807, 2.05) is 18.7 Å². The van der Waals surface area contributed by atoms with E-state index in [-0.39, 0.29) is 11.5 Å². The minimum atomic E-state index is -0.920. The highest BCUT2D eigenvalue weighted by atomic mass is 19.1. The highest BCUT2D eigenvalue weighted by Gasteiger charge is 2.41. The van der Waals surface area contributed by atoms with Crippen molar-refractivity contribution >= 4 is 11.6 Å². The molecule has 2 rings (SSSR count). The van der Waals surface area contributed by atoms with E-state index in [1.165, 1.54) is 13.0 Å². The number of carbonyl (C=O) groups is 1. The van der Waals surface area contributed by atoms with Crippen molar-refractivity contribution in [2.75, 3.05) is 25.0 Å². The first-order valence-electron chi connectivity index (χ1n) is 6.76. The number of anilines is 1. The van der Waals surface area contributed by atoms with Crippen LogP contribution in [0.3, 0.4) is 0 Å².